The maximum Gasteiger partial charge on any atom is 0.340 e. The van der Waals surface area contributed by atoms with Crippen molar-refractivity contribution < 1.29 is 28.7 Å². The van der Waals surface area contributed by atoms with Crippen molar-refractivity contribution in [3.63, 3.8) is 0 Å². The van der Waals surface area contributed by atoms with E-state index < -0.39 is 17.9 Å². The van der Waals surface area contributed by atoms with Crippen molar-refractivity contribution in [3.05, 3.63) is 69.2 Å². The standard InChI is InChI=1S/C22H18ClNO6/c1-12(21(27)24-8-10-29-11-9-24)30-22(28)16-7-6-15-17(18(16)23)20(26)14-5-3-2-4-13(14)19(15)25/h2-7,12H,8-11H2,1H3/t12-/m1/s1. The van der Waals surface area contributed by atoms with Crippen molar-refractivity contribution in [1.29, 1.82) is 0 Å². The highest BCUT2D eigenvalue weighted by molar-refractivity contribution is 6.41. The summed E-state index contributed by atoms with van der Waals surface area (Å²) >= 11 is 6.37. The SMILES string of the molecule is C[C@@H](OC(=O)c1ccc2c(c1Cl)C(=O)c1ccccc1C2=O)C(=O)N1CCOCC1. The second-order valence-electron chi connectivity index (χ2n) is 7.04. The smallest absolute Gasteiger partial charge is 0.340 e. The van der Waals surface area contributed by atoms with Crippen molar-refractivity contribution in [2.24, 2.45) is 0 Å². The second kappa shape index (κ2) is 8.01. The molecule has 0 saturated carbocycles. The molecule has 8 heteroatoms. The highest BCUT2D eigenvalue weighted by Gasteiger charge is 2.34. The minimum absolute atomic E-state index is 0.0259. The Balaban J connectivity index is 1.60. The van der Waals surface area contributed by atoms with Gasteiger partial charge >= 0.3 is 5.97 Å². The number of amides is 1. The Bertz CT molecular complexity index is 1070. The summed E-state index contributed by atoms with van der Waals surface area (Å²) < 4.78 is 10.5. The highest BCUT2D eigenvalue weighted by Crippen LogP contribution is 2.34. The number of hydrogen-bond donors (Lipinski definition) is 0. The molecular weight excluding hydrogens is 410 g/mol. The first-order valence-electron chi connectivity index (χ1n) is 9.48. The van der Waals surface area contributed by atoms with Crippen LogP contribution in [0.1, 0.15) is 49.1 Å². The molecule has 0 spiro atoms. The minimum atomic E-state index is -1.03. The fourth-order valence-corrected chi connectivity index (χ4v) is 3.95. The molecule has 2 aromatic carbocycles. The molecule has 30 heavy (non-hydrogen) atoms. The number of fused-ring (bicyclic) bond motifs is 2. The maximum absolute atomic E-state index is 12.9. The summed E-state index contributed by atoms with van der Waals surface area (Å²) in [4.78, 5) is 52.4. The number of nitrogens with zero attached hydrogens (tertiary/aromatic N) is 1. The van der Waals surface area contributed by atoms with Crippen LogP contribution in [-0.2, 0) is 14.3 Å². The summed E-state index contributed by atoms with van der Waals surface area (Å²) in [5, 5.41) is -0.156. The lowest BCUT2D eigenvalue weighted by molar-refractivity contribution is -0.143. The fraction of sp³-hybridized carbons (Fsp3) is 0.273. The van der Waals surface area contributed by atoms with Crippen LogP contribution in [0.15, 0.2) is 36.4 Å². The Hall–Kier alpha value is -3.03. The summed E-state index contributed by atoms with van der Waals surface area (Å²) in [6.07, 6.45) is -1.03. The van der Waals surface area contributed by atoms with Gasteiger partial charge in [0.2, 0.25) is 0 Å². The number of esters is 1. The van der Waals surface area contributed by atoms with E-state index in [-0.39, 0.29) is 39.0 Å². The second-order valence-corrected chi connectivity index (χ2v) is 7.42. The fourth-order valence-electron chi connectivity index (χ4n) is 3.62. The zero-order chi connectivity index (χ0) is 21.4. The number of ketones is 2. The van der Waals surface area contributed by atoms with Gasteiger partial charge in [-0.15, -0.1) is 0 Å². The van der Waals surface area contributed by atoms with E-state index >= 15 is 0 Å². The Kier molecular flexibility index (Phi) is 5.40. The van der Waals surface area contributed by atoms with Gasteiger partial charge in [-0.25, -0.2) is 4.79 Å². The number of halogens is 1. The van der Waals surface area contributed by atoms with Crippen LogP contribution in [0.3, 0.4) is 0 Å². The van der Waals surface area contributed by atoms with Crippen molar-refractivity contribution in [2.45, 2.75) is 13.0 Å². The first kappa shape index (κ1) is 20.3. The molecule has 0 bridgehead atoms. The molecule has 1 amide bonds. The molecule has 0 unspecified atom stereocenters. The van der Waals surface area contributed by atoms with Crippen LogP contribution in [0.4, 0.5) is 0 Å². The molecule has 2 aromatic rings. The average Bonchev–Trinajstić information content (AvgIpc) is 2.77. The Morgan fingerprint density at radius 3 is 2.30 bits per heavy atom. The lowest BCUT2D eigenvalue weighted by atomic mass is 9.83. The van der Waals surface area contributed by atoms with Gasteiger partial charge in [0.05, 0.1) is 29.4 Å². The first-order chi connectivity index (χ1) is 14.4. The van der Waals surface area contributed by atoms with E-state index in [4.69, 9.17) is 21.1 Å². The molecule has 1 saturated heterocycles. The Labute approximate surface area is 177 Å². The Morgan fingerprint density at radius 2 is 1.63 bits per heavy atom. The zero-order valence-electron chi connectivity index (χ0n) is 16.1. The van der Waals surface area contributed by atoms with Crippen LogP contribution in [0.25, 0.3) is 0 Å². The molecule has 0 aromatic heterocycles. The molecule has 1 atom stereocenters. The number of hydrogen-bond acceptors (Lipinski definition) is 6. The third kappa shape index (κ3) is 3.40. The Morgan fingerprint density at radius 1 is 1.00 bits per heavy atom. The van der Waals surface area contributed by atoms with Crippen molar-refractivity contribution >= 4 is 35.0 Å². The van der Waals surface area contributed by atoms with E-state index in [0.717, 1.165) is 0 Å². The molecule has 2 aliphatic rings. The molecule has 0 radical (unpaired) electrons. The maximum atomic E-state index is 12.9. The van der Waals surface area contributed by atoms with Gasteiger partial charge in [0.15, 0.2) is 17.7 Å². The summed E-state index contributed by atoms with van der Waals surface area (Å²) in [5.74, 6) is -1.94. The highest BCUT2D eigenvalue weighted by atomic mass is 35.5. The molecule has 1 aliphatic heterocycles. The molecule has 0 N–H and O–H groups in total. The van der Waals surface area contributed by atoms with Crippen LogP contribution >= 0.6 is 11.6 Å². The van der Waals surface area contributed by atoms with E-state index in [0.29, 0.717) is 31.9 Å². The van der Waals surface area contributed by atoms with Crippen molar-refractivity contribution in [1.82, 2.24) is 4.90 Å². The van der Waals surface area contributed by atoms with E-state index in [1.165, 1.54) is 19.1 Å². The van der Waals surface area contributed by atoms with Crippen LogP contribution < -0.4 is 0 Å². The molecule has 1 heterocycles. The predicted octanol–water partition coefficient (Wildman–Crippen LogP) is 2.52. The molecule has 4 rings (SSSR count). The summed E-state index contributed by atoms with van der Waals surface area (Å²) in [6, 6.07) is 9.18. The molecule has 7 nitrogen and oxygen atoms in total. The third-order valence-corrected chi connectivity index (χ3v) is 5.60. The number of morpholine rings is 1. The minimum Gasteiger partial charge on any atom is -0.449 e. The van der Waals surface area contributed by atoms with Crippen LogP contribution in [-0.4, -0.2) is 60.8 Å². The summed E-state index contributed by atoms with van der Waals surface area (Å²) in [5.41, 5.74) is 0.571. The molecular formula is C22H18ClNO6. The quantitative estimate of drug-likeness (QED) is 0.597. The number of carbonyl (C=O) groups is 4. The van der Waals surface area contributed by atoms with Crippen molar-refractivity contribution in [2.75, 3.05) is 26.3 Å². The van der Waals surface area contributed by atoms with E-state index in [1.54, 1.807) is 29.2 Å². The number of ether oxygens (including phenoxy) is 2. The number of rotatable bonds is 3. The first-order valence-corrected chi connectivity index (χ1v) is 9.86. The lowest BCUT2D eigenvalue weighted by Crippen LogP contribution is -2.46. The van der Waals surface area contributed by atoms with Gasteiger partial charge in [-0.05, 0) is 19.1 Å². The average molecular weight is 428 g/mol. The molecule has 154 valence electrons. The van der Waals surface area contributed by atoms with Gasteiger partial charge in [0.1, 0.15) is 0 Å². The van der Waals surface area contributed by atoms with E-state index in [2.05, 4.69) is 0 Å². The van der Waals surface area contributed by atoms with Gasteiger partial charge in [-0.1, -0.05) is 35.9 Å². The van der Waals surface area contributed by atoms with Crippen molar-refractivity contribution in [3.8, 4) is 0 Å². The molecule has 1 fully saturated rings. The number of carbonyl (C=O) groups excluding carboxylic acids is 4. The van der Waals surface area contributed by atoms with Gasteiger partial charge in [0, 0.05) is 29.8 Å². The topological polar surface area (TPSA) is 90.0 Å². The lowest BCUT2D eigenvalue weighted by Gasteiger charge is -2.29. The zero-order valence-corrected chi connectivity index (χ0v) is 16.9. The third-order valence-electron chi connectivity index (χ3n) is 5.20. The monoisotopic (exact) mass is 427 g/mol. The van der Waals surface area contributed by atoms with Gasteiger partial charge < -0.3 is 14.4 Å². The largest absolute Gasteiger partial charge is 0.449 e. The van der Waals surface area contributed by atoms with Crippen LogP contribution in [0.2, 0.25) is 5.02 Å². The summed E-state index contributed by atoms with van der Waals surface area (Å²) in [6.45, 7) is 3.20. The van der Waals surface area contributed by atoms with E-state index in [1.807, 2.05) is 0 Å². The predicted molar refractivity (Wildman–Crippen MR) is 107 cm³/mol. The van der Waals surface area contributed by atoms with Gasteiger partial charge in [-0.2, -0.15) is 0 Å². The van der Waals surface area contributed by atoms with Gasteiger partial charge in [0.25, 0.3) is 5.91 Å². The molecule has 1 aliphatic carbocycles. The van der Waals surface area contributed by atoms with Crippen LogP contribution in [0.5, 0.6) is 0 Å². The van der Waals surface area contributed by atoms with Crippen LogP contribution in [0, 0.1) is 0 Å². The van der Waals surface area contributed by atoms with Gasteiger partial charge in [-0.3, -0.25) is 14.4 Å². The van der Waals surface area contributed by atoms with E-state index in [9.17, 15) is 19.2 Å². The normalized spacial score (nSPS) is 16.5. The number of benzene rings is 2. The summed E-state index contributed by atoms with van der Waals surface area (Å²) in [7, 11) is 0.